The molecule has 0 aliphatic rings. The number of nitrogens with two attached hydrogens (primary N) is 1. The Labute approximate surface area is 109 Å². The number of amides is 1. The lowest BCUT2D eigenvalue weighted by atomic mass is 10.1. The van der Waals surface area contributed by atoms with Crippen molar-refractivity contribution in [2.24, 2.45) is 0 Å². The fourth-order valence-electron chi connectivity index (χ4n) is 1.98. The maximum absolute atomic E-state index is 12.2. The number of nitrogen functional groups attached to an aromatic ring is 1. The Hall–Kier alpha value is -2.76. The average molecular weight is 255 g/mol. The van der Waals surface area contributed by atoms with E-state index >= 15 is 0 Å². The van der Waals surface area contributed by atoms with Crippen molar-refractivity contribution >= 4 is 28.3 Å². The van der Waals surface area contributed by atoms with Crippen LogP contribution in [-0.4, -0.2) is 21.1 Å². The molecule has 6 heteroatoms. The summed E-state index contributed by atoms with van der Waals surface area (Å²) in [6.45, 7) is 1.87. The van der Waals surface area contributed by atoms with Gasteiger partial charge in [0, 0.05) is 28.4 Å². The standard InChI is InChI=1S/C13H13N5O/c1-7-5-16-18-12(7)17-13(19)10-6-15-11-3-2-8(14)4-9(10)11/h2-6,15H,14H2,1H3,(H2,16,17,18,19). The van der Waals surface area contributed by atoms with Crippen molar-refractivity contribution in [3.63, 3.8) is 0 Å². The zero-order valence-electron chi connectivity index (χ0n) is 10.3. The molecule has 1 aromatic carbocycles. The first-order valence-corrected chi connectivity index (χ1v) is 5.83. The van der Waals surface area contributed by atoms with Crippen molar-refractivity contribution in [3.05, 3.63) is 41.7 Å². The lowest BCUT2D eigenvalue weighted by Crippen LogP contribution is -2.12. The molecule has 0 saturated heterocycles. The molecular weight excluding hydrogens is 242 g/mol. The van der Waals surface area contributed by atoms with Crippen LogP contribution >= 0.6 is 0 Å². The normalized spacial score (nSPS) is 10.8. The zero-order valence-corrected chi connectivity index (χ0v) is 10.3. The number of hydrogen-bond donors (Lipinski definition) is 4. The molecule has 0 fully saturated rings. The minimum Gasteiger partial charge on any atom is -0.399 e. The van der Waals surface area contributed by atoms with Gasteiger partial charge >= 0.3 is 0 Å². The molecular formula is C13H13N5O. The molecule has 3 rings (SSSR count). The van der Waals surface area contributed by atoms with Gasteiger partial charge in [0.15, 0.2) is 0 Å². The van der Waals surface area contributed by atoms with Gasteiger partial charge in [-0.25, -0.2) is 0 Å². The highest BCUT2D eigenvalue weighted by Crippen LogP contribution is 2.22. The molecule has 0 saturated carbocycles. The number of carbonyl (C=O) groups is 1. The smallest absolute Gasteiger partial charge is 0.258 e. The highest BCUT2D eigenvalue weighted by atomic mass is 16.1. The van der Waals surface area contributed by atoms with E-state index in [4.69, 9.17) is 5.73 Å². The van der Waals surface area contributed by atoms with E-state index in [2.05, 4.69) is 20.5 Å². The topological polar surface area (TPSA) is 99.6 Å². The maximum Gasteiger partial charge on any atom is 0.258 e. The second kappa shape index (κ2) is 4.16. The summed E-state index contributed by atoms with van der Waals surface area (Å²) in [5.74, 6) is 0.396. The third-order valence-electron chi connectivity index (χ3n) is 3.02. The van der Waals surface area contributed by atoms with E-state index < -0.39 is 0 Å². The van der Waals surface area contributed by atoms with Gasteiger partial charge in [0.05, 0.1) is 11.8 Å². The Morgan fingerprint density at radius 2 is 2.26 bits per heavy atom. The van der Waals surface area contributed by atoms with Crippen molar-refractivity contribution < 1.29 is 4.79 Å². The molecule has 0 spiro atoms. The third-order valence-corrected chi connectivity index (χ3v) is 3.02. The van der Waals surface area contributed by atoms with Gasteiger partial charge in [-0.15, -0.1) is 0 Å². The maximum atomic E-state index is 12.2. The number of fused-ring (bicyclic) bond motifs is 1. The fraction of sp³-hybridized carbons (Fsp3) is 0.0769. The number of aromatic amines is 2. The van der Waals surface area contributed by atoms with Crippen LogP contribution in [0.2, 0.25) is 0 Å². The first-order chi connectivity index (χ1) is 9.15. The first kappa shape index (κ1) is 11.3. The second-order valence-corrected chi connectivity index (χ2v) is 4.39. The van der Waals surface area contributed by atoms with Crippen LogP contribution in [0.3, 0.4) is 0 Å². The van der Waals surface area contributed by atoms with Crippen molar-refractivity contribution in [1.29, 1.82) is 0 Å². The van der Waals surface area contributed by atoms with Crippen LogP contribution in [0.1, 0.15) is 15.9 Å². The molecule has 3 aromatic rings. The number of hydrogen-bond acceptors (Lipinski definition) is 3. The van der Waals surface area contributed by atoms with Gasteiger partial charge in [0.25, 0.3) is 5.91 Å². The Kier molecular flexibility index (Phi) is 2.49. The quantitative estimate of drug-likeness (QED) is 0.527. The number of rotatable bonds is 2. The zero-order chi connectivity index (χ0) is 13.4. The molecule has 19 heavy (non-hydrogen) atoms. The highest BCUT2D eigenvalue weighted by Gasteiger charge is 2.13. The summed E-state index contributed by atoms with van der Waals surface area (Å²) in [5, 5.41) is 10.2. The minimum absolute atomic E-state index is 0.204. The molecule has 6 nitrogen and oxygen atoms in total. The molecule has 0 bridgehead atoms. The van der Waals surface area contributed by atoms with Crippen molar-refractivity contribution in [2.75, 3.05) is 11.1 Å². The SMILES string of the molecule is Cc1cn[nH]c1NC(=O)c1c[nH]c2ccc(N)cc12. The summed E-state index contributed by atoms with van der Waals surface area (Å²) in [5.41, 5.74) is 8.68. The predicted molar refractivity (Wildman–Crippen MR) is 74.0 cm³/mol. The van der Waals surface area contributed by atoms with Crippen LogP contribution in [0.5, 0.6) is 0 Å². The van der Waals surface area contributed by atoms with Crippen molar-refractivity contribution in [2.45, 2.75) is 6.92 Å². The molecule has 96 valence electrons. The number of aromatic nitrogens is 3. The number of anilines is 2. The van der Waals surface area contributed by atoms with E-state index in [0.29, 0.717) is 17.1 Å². The van der Waals surface area contributed by atoms with E-state index in [-0.39, 0.29) is 5.91 Å². The fourth-order valence-corrected chi connectivity index (χ4v) is 1.98. The van der Waals surface area contributed by atoms with E-state index in [1.807, 2.05) is 13.0 Å². The van der Waals surface area contributed by atoms with Gasteiger partial charge in [-0.05, 0) is 25.1 Å². The van der Waals surface area contributed by atoms with Gasteiger partial charge in [-0.3, -0.25) is 9.89 Å². The first-order valence-electron chi connectivity index (χ1n) is 5.83. The van der Waals surface area contributed by atoms with E-state index in [9.17, 15) is 4.79 Å². The second-order valence-electron chi connectivity index (χ2n) is 4.39. The van der Waals surface area contributed by atoms with Gasteiger partial charge in [0.2, 0.25) is 0 Å². The molecule has 0 radical (unpaired) electrons. The number of nitrogens with one attached hydrogen (secondary N) is 3. The van der Waals surface area contributed by atoms with Crippen LogP contribution in [-0.2, 0) is 0 Å². The van der Waals surface area contributed by atoms with Crippen LogP contribution in [0.4, 0.5) is 11.5 Å². The third kappa shape index (κ3) is 1.93. The summed E-state index contributed by atoms with van der Waals surface area (Å²) in [6, 6.07) is 5.42. The number of H-pyrrole nitrogens is 2. The van der Waals surface area contributed by atoms with Crippen molar-refractivity contribution in [1.82, 2.24) is 15.2 Å². The summed E-state index contributed by atoms with van der Waals surface area (Å²) < 4.78 is 0. The van der Waals surface area contributed by atoms with E-state index in [0.717, 1.165) is 16.5 Å². The van der Waals surface area contributed by atoms with Crippen LogP contribution in [0, 0.1) is 6.92 Å². The molecule has 2 aromatic heterocycles. The molecule has 2 heterocycles. The molecule has 0 atom stereocenters. The summed E-state index contributed by atoms with van der Waals surface area (Å²) in [4.78, 5) is 15.3. The Morgan fingerprint density at radius 1 is 1.42 bits per heavy atom. The van der Waals surface area contributed by atoms with Gasteiger partial charge < -0.3 is 16.0 Å². The van der Waals surface area contributed by atoms with Crippen LogP contribution in [0.25, 0.3) is 10.9 Å². The summed E-state index contributed by atoms with van der Waals surface area (Å²) >= 11 is 0. The van der Waals surface area contributed by atoms with E-state index in [1.165, 1.54) is 0 Å². The molecule has 0 unspecified atom stereocenters. The molecule has 0 aliphatic carbocycles. The van der Waals surface area contributed by atoms with E-state index in [1.54, 1.807) is 24.5 Å². The predicted octanol–water partition coefficient (Wildman–Crippen LogP) is 2.03. The highest BCUT2D eigenvalue weighted by molar-refractivity contribution is 6.13. The average Bonchev–Trinajstić information content (AvgIpc) is 2.96. The molecule has 5 N–H and O–H groups in total. The number of nitrogens with zero attached hydrogens (tertiary/aromatic N) is 1. The Bertz CT molecular complexity index is 755. The lowest BCUT2D eigenvalue weighted by molar-refractivity contribution is 0.102. The van der Waals surface area contributed by atoms with Crippen molar-refractivity contribution in [3.8, 4) is 0 Å². The monoisotopic (exact) mass is 255 g/mol. The summed E-state index contributed by atoms with van der Waals surface area (Å²) in [7, 11) is 0. The van der Waals surface area contributed by atoms with Crippen LogP contribution < -0.4 is 11.1 Å². The number of carbonyl (C=O) groups excluding carboxylic acids is 1. The lowest BCUT2D eigenvalue weighted by Gasteiger charge is -2.03. The summed E-state index contributed by atoms with van der Waals surface area (Å²) in [6.07, 6.45) is 3.33. The Morgan fingerprint density at radius 3 is 3.00 bits per heavy atom. The minimum atomic E-state index is -0.204. The van der Waals surface area contributed by atoms with Gasteiger partial charge in [-0.1, -0.05) is 0 Å². The van der Waals surface area contributed by atoms with Gasteiger partial charge in [-0.2, -0.15) is 5.10 Å². The molecule has 0 aliphatic heterocycles. The van der Waals surface area contributed by atoms with Crippen LogP contribution in [0.15, 0.2) is 30.6 Å². The Balaban J connectivity index is 1.98. The largest absolute Gasteiger partial charge is 0.399 e. The molecule has 1 amide bonds. The number of benzene rings is 1. The van der Waals surface area contributed by atoms with Gasteiger partial charge in [0.1, 0.15) is 5.82 Å². The number of aryl methyl sites for hydroxylation is 1.